The Balaban J connectivity index is 1.77. The van der Waals surface area contributed by atoms with E-state index in [1.807, 2.05) is 30.3 Å². The van der Waals surface area contributed by atoms with Gasteiger partial charge in [-0.3, -0.25) is 10.1 Å². The van der Waals surface area contributed by atoms with Gasteiger partial charge in [-0.25, -0.2) is 4.79 Å². The molecule has 0 aliphatic heterocycles. The van der Waals surface area contributed by atoms with Gasteiger partial charge in [0.05, 0.1) is 4.92 Å². The van der Waals surface area contributed by atoms with Crippen LogP contribution in [0.2, 0.25) is 0 Å². The molecule has 0 aromatic heterocycles. The first-order valence-electron chi connectivity index (χ1n) is 7.53. The van der Waals surface area contributed by atoms with Crippen LogP contribution in [0.5, 0.6) is 0 Å². The number of alkyl carbamates (subject to hydrolysis) is 1. The molecule has 0 unspecified atom stereocenters. The lowest BCUT2D eigenvalue weighted by molar-refractivity contribution is -0.385. The standard InChI is InChI=1S/C18H17N3O4/c19-16-10-9-15(17(12-16)21(23)24)8-4-5-11-20-18(22)25-13-14-6-2-1-3-7-14/h1-3,6-7,9-10,12H,5,11,13,19H2,(H,20,22). The van der Waals surface area contributed by atoms with E-state index in [2.05, 4.69) is 17.2 Å². The minimum Gasteiger partial charge on any atom is -0.445 e. The van der Waals surface area contributed by atoms with Crippen LogP contribution in [-0.4, -0.2) is 17.6 Å². The number of hydrogen-bond donors (Lipinski definition) is 2. The Morgan fingerprint density at radius 1 is 1.24 bits per heavy atom. The van der Waals surface area contributed by atoms with Gasteiger partial charge in [0.2, 0.25) is 0 Å². The number of nitrogens with two attached hydrogens (primary N) is 1. The van der Waals surface area contributed by atoms with Crippen LogP contribution < -0.4 is 11.1 Å². The lowest BCUT2D eigenvalue weighted by Crippen LogP contribution is -2.24. The number of ether oxygens (including phenoxy) is 1. The zero-order chi connectivity index (χ0) is 18.1. The van der Waals surface area contributed by atoms with Crippen molar-refractivity contribution in [1.82, 2.24) is 5.32 Å². The van der Waals surface area contributed by atoms with Crippen LogP contribution in [0.4, 0.5) is 16.2 Å². The number of amides is 1. The molecule has 7 heteroatoms. The van der Waals surface area contributed by atoms with Crippen LogP contribution in [0.25, 0.3) is 0 Å². The molecule has 0 spiro atoms. The number of rotatable bonds is 5. The van der Waals surface area contributed by atoms with E-state index in [4.69, 9.17) is 10.5 Å². The zero-order valence-corrected chi connectivity index (χ0v) is 13.4. The maximum absolute atomic E-state index is 11.5. The molecule has 3 N–H and O–H groups in total. The molecule has 0 aliphatic rings. The van der Waals surface area contributed by atoms with Crippen molar-refractivity contribution in [3.8, 4) is 11.8 Å². The van der Waals surface area contributed by atoms with Crippen LogP contribution in [0.15, 0.2) is 48.5 Å². The third-order valence-corrected chi connectivity index (χ3v) is 3.17. The number of benzene rings is 2. The van der Waals surface area contributed by atoms with Gasteiger partial charge in [-0.2, -0.15) is 0 Å². The molecule has 2 aromatic carbocycles. The maximum atomic E-state index is 11.5. The van der Waals surface area contributed by atoms with Crippen molar-refractivity contribution in [2.45, 2.75) is 13.0 Å². The van der Waals surface area contributed by atoms with Gasteiger partial charge < -0.3 is 15.8 Å². The highest BCUT2D eigenvalue weighted by Crippen LogP contribution is 2.20. The normalized spacial score (nSPS) is 9.60. The molecule has 0 radical (unpaired) electrons. The first-order chi connectivity index (χ1) is 12.1. The third-order valence-electron chi connectivity index (χ3n) is 3.17. The van der Waals surface area contributed by atoms with Crippen molar-refractivity contribution in [3.05, 3.63) is 69.8 Å². The van der Waals surface area contributed by atoms with E-state index in [9.17, 15) is 14.9 Å². The predicted molar refractivity (Wildman–Crippen MR) is 93.6 cm³/mol. The average molecular weight is 339 g/mol. The molecule has 2 rings (SSSR count). The van der Waals surface area contributed by atoms with Crippen molar-refractivity contribution in [2.75, 3.05) is 12.3 Å². The van der Waals surface area contributed by atoms with E-state index in [0.717, 1.165) is 5.56 Å². The Hall–Kier alpha value is -3.53. The average Bonchev–Trinajstić information content (AvgIpc) is 2.61. The van der Waals surface area contributed by atoms with Crippen LogP contribution in [0.1, 0.15) is 17.5 Å². The molecule has 0 saturated heterocycles. The highest BCUT2D eigenvalue weighted by Gasteiger charge is 2.11. The Bertz CT molecular complexity index is 810. The van der Waals surface area contributed by atoms with Gasteiger partial charge in [0.1, 0.15) is 12.2 Å². The molecule has 25 heavy (non-hydrogen) atoms. The SMILES string of the molecule is Nc1ccc(C#CCCNC(=O)OCc2ccccc2)c([N+](=O)[O-])c1. The number of carbonyl (C=O) groups is 1. The summed E-state index contributed by atoms with van der Waals surface area (Å²) < 4.78 is 5.06. The van der Waals surface area contributed by atoms with Crippen LogP contribution >= 0.6 is 0 Å². The fraction of sp³-hybridized carbons (Fsp3) is 0.167. The van der Waals surface area contributed by atoms with Crippen LogP contribution in [0.3, 0.4) is 0 Å². The lowest BCUT2D eigenvalue weighted by atomic mass is 10.1. The van der Waals surface area contributed by atoms with Gasteiger partial charge in [-0.15, -0.1) is 0 Å². The van der Waals surface area contributed by atoms with Crippen molar-refractivity contribution < 1.29 is 14.5 Å². The quantitative estimate of drug-likeness (QED) is 0.286. The third kappa shape index (κ3) is 5.88. The summed E-state index contributed by atoms with van der Waals surface area (Å²) in [5, 5.41) is 13.5. The van der Waals surface area contributed by atoms with Gasteiger partial charge in [0, 0.05) is 24.7 Å². The predicted octanol–water partition coefficient (Wildman–Crippen LogP) is 2.85. The van der Waals surface area contributed by atoms with Crippen molar-refractivity contribution in [3.63, 3.8) is 0 Å². The lowest BCUT2D eigenvalue weighted by Gasteiger charge is -2.05. The monoisotopic (exact) mass is 339 g/mol. The van der Waals surface area contributed by atoms with E-state index in [0.29, 0.717) is 12.1 Å². The summed E-state index contributed by atoms with van der Waals surface area (Å²) in [6.45, 7) is 0.472. The first-order valence-corrected chi connectivity index (χ1v) is 7.53. The minimum atomic E-state index is -0.538. The Morgan fingerprint density at radius 2 is 2.00 bits per heavy atom. The fourth-order valence-corrected chi connectivity index (χ4v) is 1.96. The Labute approximate surface area is 144 Å². The summed E-state index contributed by atoms with van der Waals surface area (Å²) in [7, 11) is 0. The summed E-state index contributed by atoms with van der Waals surface area (Å²) in [6, 6.07) is 13.6. The number of carbonyl (C=O) groups excluding carboxylic acids is 1. The van der Waals surface area contributed by atoms with E-state index >= 15 is 0 Å². The fourth-order valence-electron chi connectivity index (χ4n) is 1.96. The van der Waals surface area contributed by atoms with E-state index in [-0.39, 0.29) is 24.4 Å². The van der Waals surface area contributed by atoms with Crippen molar-refractivity contribution in [1.29, 1.82) is 0 Å². The number of nitro benzene ring substituents is 1. The van der Waals surface area contributed by atoms with Gasteiger partial charge in [-0.05, 0) is 17.7 Å². The molecule has 0 saturated carbocycles. The van der Waals surface area contributed by atoms with Crippen molar-refractivity contribution >= 4 is 17.5 Å². The minimum absolute atomic E-state index is 0.136. The molecule has 2 aromatic rings. The number of hydrogen-bond acceptors (Lipinski definition) is 5. The molecule has 0 aliphatic carbocycles. The summed E-state index contributed by atoms with van der Waals surface area (Å²) in [5.41, 5.74) is 6.88. The summed E-state index contributed by atoms with van der Waals surface area (Å²) in [4.78, 5) is 22.0. The van der Waals surface area contributed by atoms with Crippen molar-refractivity contribution in [2.24, 2.45) is 0 Å². The van der Waals surface area contributed by atoms with E-state index in [1.54, 1.807) is 6.07 Å². The molecule has 0 bridgehead atoms. The van der Waals surface area contributed by atoms with E-state index in [1.165, 1.54) is 12.1 Å². The van der Waals surface area contributed by atoms with E-state index < -0.39 is 11.0 Å². The maximum Gasteiger partial charge on any atom is 0.407 e. The van der Waals surface area contributed by atoms with Gasteiger partial charge in [0.15, 0.2) is 0 Å². The number of nitrogen functional groups attached to an aromatic ring is 1. The number of nitrogens with zero attached hydrogens (tertiary/aromatic N) is 1. The smallest absolute Gasteiger partial charge is 0.407 e. The number of nitrogens with one attached hydrogen (secondary N) is 1. The highest BCUT2D eigenvalue weighted by atomic mass is 16.6. The number of nitro groups is 1. The largest absolute Gasteiger partial charge is 0.445 e. The second kappa shape index (κ2) is 8.93. The van der Waals surface area contributed by atoms with Crippen LogP contribution in [-0.2, 0) is 11.3 Å². The summed E-state index contributed by atoms with van der Waals surface area (Å²) in [5.74, 6) is 5.49. The Morgan fingerprint density at radius 3 is 2.72 bits per heavy atom. The molecule has 0 heterocycles. The van der Waals surface area contributed by atoms with Gasteiger partial charge in [0.25, 0.3) is 5.69 Å². The first kappa shape index (κ1) is 17.8. The number of anilines is 1. The molecule has 0 fully saturated rings. The highest BCUT2D eigenvalue weighted by molar-refractivity contribution is 5.67. The summed E-state index contributed by atoms with van der Waals surface area (Å²) >= 11 is 0. The molecule has 128 valence electrons. The molecular weight excluding hydrogens is 322 g/mol. The van der Waals surface area contributed by atoms with Crippen LogP contribution in [0, 0.1) is 22.0 Å². The molecule has 1 amide bonds. The molecule has 7 nitrogen and oxygen atoms in total. The molecular formula is C18H17N3O4. The second-order valence-corrected chi connectivity index (χ2v) is 5.07. The topological polar surface area (TPSA) is 107 Å². The zero-order valence-electron chi connectivity index (χ0n) is 13.4. The Kier molecular flexibility index (Phi) is 6.37. The van der Waals surface area contributed by atoms with Gasteiger partial charge in [-0.1, -0.05) is 42.2 Å². The molecule has 0 atom stereocenters. The van der Waals surface area contributed by atoms with Gasteiger partial charge >= 0.3 is 6.09 Å². The summed E-state index contributed by atoms with van der Waals surface area (Å²) in [6.07, 6.45) is -0.203. The second-order valence-electron chi connectivity index (χ2n) is 5.07.